The maximum Gasteiger partial charge on any atom is 0.228 e. The molecule has 1 aromatic rings. The van der Waals surface area contributed by atoms with E-state index in [1.54, 1.807) is 0 Å². The Hall–Kier alpha value is -1.56. The molecule has 100 valence electrons. The Morgan fingerprint density at radius 2 is 1.72 bits per heavy atom. The van der Waals surface area contributed by atoms with E-state index in [0.29, 0.717) is 0 Å². The van der Waals surface area contributed by atoms with Crippen molar-refractivity contribution >= 4 is 17.6 Å². The fraction of sp³-hybridized carbons (Fsp3) is 0.667. The van der Waals surface area contributed by atoms with Gasteiger partial charge in [-0.3, -0.25) is 0 Å². The number of hydrogen-bond donors (Lipinski definition) is 1. The van der Waals surface area contributed by atoms with E-state index in [-0.39, 0.29) is 0 Å². The molecule has 0 radical (unpaired) electrons. The van der Waals surface area contributed by atoms with Gasteiger partial charge in [-0.2, -0.15) is 9.97 Å². The SMILES string of the molecule is CN(C)c1cc(N2CCNCC2)nc(N(C)C)n1. The van der Waals surface area contributed by atoms with Gasteiger partial charge in [0.1, 0.15) is 11.6 Å². The van der Waals surface area contributed by atoms with Crippen LogP contribution < -0.4 is 20.0 Å². The number of anilines is 3. The molecule has 1 saturated heterocycles. The molecule has 0 amide bonds. The van der Waals surface area contributed by atoms with Crippen LogP contribution in [0.3, 0.4) is 0 Å². The van der Waals surface area contributed by atoms with Crippen molar-refractivity contribution in [1.29, 1.82) is 0 Å². The number of nitrogens with one attached hydrogen (secondary N) is 1. The van der Waals surface area contributed by atoms with Crippen molar-refractivity contribution < 1.29 is 0 Å². The molecule has 1 aromatic heterocycles. The Kier molecular flexibility index (Phi) is 3.86. The van der Waals surface area contributed by atoms with E-state index in [2.05, 4.69) is 26.3 Å². The van der Waals surface area contributed by atoms with Gasteiger partial charge in [-0.05, 0) is 0 Å². The van der Waals surface area contributed by atoms with Gasteiger partial charge in [0.15, 0.2) is 0 Å². The molecular weight excluding hydrogens is 228 g/mol. The number of aromatic nitrogens is 2. The minimum atomic E-state index is 0.759. The van der Waals surface area contributed by atoms with Crippen LogP contribution in [0.15, 0.2) is 6.07 Å². The average Bonchev–Trinajstić information content (AvgIpc) is 2.39. The van der Waals surface area contributed by atoms with E-state index in [4.69, 9.17) is 0 Å². The molecule has 1 aliphatic heterocycles. The van der Waals surface area contributed by atoms with E-state index < -0.39 is 0 Å². The first-order valence-electron chi connectivity index (χ1n) is 6.27. The molecule has 18 heavy (non-hydrogen) atoms. The number of hydrogen-bond acceptors (Lipinski definition) is 6. The summed E-state index contributed by atoms with van der Waals surface area (Å²) in [5, 5.41) is 3.35. The highest BCUT2D eigenvalue weighted by molar-refractivity contribution is 5.54. The highest BCUT2D eigenvalue weighted by Crippen LogP contribution is 2.21. The van der Waals surface area contributed by atoms with Crippen molar-refractivity contribution in [2.75, 3.05) is 69.1 Å². The third-order valence-corrected chi connectivity index (χ3v) is 2.99. The third-order valence-electron chi connectivity index (χ3n) is 2.99. The Morgan fingerprint density at radius 1 is 1.06 bits per heavy atom. The van der Waals surface area contributed by atoms with Crippen LogP contribution in [0, 0.1) is 0 Å². The second-order valence-corrected chi connectivity index (χ2v) is 4.91. The Bertz CT molecular complexity index is 371. The van der Waals surface area contributed by atoms with Crippen molar-refractivity contribution in [3.8, 4) is 0 Å². The van der Waals surface area contributed by atoms with Gasteiger partial charge in [-0.1, -0.05) is 0 Å². The molecule has 0 atom stereocenters. The summed E-state index contributed by atoms with van der Waals surface area (Å²) in [6.07, 6.45) is 0. The van der Waals surface area contributed by atoms with Gasteiger partial charge in [0.05, 0.1) is 0 Å². The fourth-order valence-corrected chi connectivity index (χ4v) is 1.89. The maximum absolute atomic E-state index is 4.63. The molecule has 0 bridgehead atoms. The van der Waals surface area contributed by atoms with Crippen molar-refractivity contribution in [2.24, 2.45) is 0 Å². The van der Waals surface area contributed by atoms with Crippen molar-refractivity contribution in [1.82, 2.24) is 15.3 Å². The Labute approximate surface area is 109 Å². The van der Waals surface area contributed by atoms with Gasteiger partial charge in [0, 0.05) is 60.4 Å². The number of nitrogens with zero attached hydrogens (tertiary/aromatic N) is 5. The van der Waals surface area contributed by atoms with Gasteiger partial charge < -0.3 is 20.0 Å². The lowest BCUT2D eigenvalue weighted by molar-refractivity contribution is 0.584. The topological polar surface area (TPSA) is 47.5 Å². The van der Waals surface area contributed by atoms with Gasteiger partial charge >= 0.3 is 0 Å². The summed E-state index contributed by atoms with van der Waals surface area (Å²) >= 11 is 0. The maximum atomic E-state index is 4.63. The molecule has 1 aliphatic rings. The lowest BCUT2D eigenvalue weighted by Crippen LogP contribution is -2.44. The summed E-state index contributed by atoms with van der Waals surface area (Å²) in [6.45, 7) is 4.02. The molecule has 1 fully saturated rings. The van der Waals surface area contributed by atoms with E-state index in [1.807, 2.05) is 38.0 Å². The lowest BCUT2D eigenvalue weighted by Gasteiger charge is -2.29. The second kappa shape index (κ2) is 5.39. The first-order valence-corrected chi connectivity index (χ1v) is 6.27. The fourth-order valence-electron chi connectivity index (χ4n) is 1.89. The highest BCUT2D eigenvalue weighted by Gasteiger charge is 2.15. The van der Waals surface area contributed by atoms with Gasteiger partial charge in [0.25, 0.3) is 0 Å². The summed E-state index contributed by atoms with van der Waals surface area (Å²) in [5.74, 6) is 2.72. The van der Waals surface area contributed by atoms with Crippen molar-refractivity contribution in [2.45, 2.75) is 0 Å². The number of piperazine rings is 1. The predicted octanol–water partition coefficient (Wildman–Crippen LogP) is 0.0182. The molecule has 6 heteroatoms. The van der Waals surface area contributed by atoms with Crippen LogP contribution in [-0.4, -0.2) is 64.3 Å². The van der Waals surface area contributed by atoms with Crippen LogP contribution in [0.1, 0.15) is 0 Å². The predicted molar refractivity (Wildman–Crippen MR) is 75.8 cm³/mol. The summed E-state index contributed by atoms with van der Waals surface area (Å²) in [5.41, 5.74) is 0. The molecule has 0 aromatic carbocycles. The van der Waals surface area contributed by atoms with Crippen LogP contribution in [0.5, 0.6) is 0 Å². The molecule has 2 rings (SSSR count). The quantitative estimate of drug-likeness (QED) is 0.816. The summed E-state index contributed by atoms with van der Waals surface area (Å²) in [6, 6.07) is 2.05. The van der Waals surface area contributed by atoms with E-state index >= 15 is 0 Å². The van der Waals surface area contributed by atoms with E-state index in [9.17, 15) is 0 Å². The zero-order valence-corrected chi connectivity index (χ0v) is 11.6. The van der Waals surface area contributed by atoms with Crippen LogP contribution in [-0.2, 0) is 0 Å². The Morgan fingerprint density at radius 3 is 2.28 bits per heavy atom. The zero-order chi connectivity index (χ0) is 13.1. The largest absolute Gasteiger partial charge is 0.363 e. The number of rotatable bonds is 3. The van der Waals surface area contributed by atoms with Crippen LogP contribution in [0.25, 0.3) is 0 Å². The zero-order valence-electron chi connectivity index (χ0n) is 11.6. The molecule has 6 nitrogen and oxygen atoms in total. The summed E-state index contributed by atoms with van der Waals surface area (Å²) < 4.78 is 0. The monoisotopic (exact) mass is 250 g/mol. The lowest BCUT2D eigenvalue weighted by atomic mass is 10.3. The molecule has 0 saturated carbocycles. The summed E-state index contributed by atoms with van der Waals surface area (Å²) in [7, 11) is 7.94. The molecule has 1 N–H and O–H groups in total. The first-order chi connectivity index (χ1) is 8.58. The minimum Gasteiger partial charge on any atom is -0.363 e. The van der Waals surface area contributed by atoms with Crippen molar-refractivity contribution in [3.05, 3.63) is 6.07 Å². The standard InChI is InChI=1S/C12H22N6/c1-16(2)10-9-11(15-12(14-10)17(3)4)18-7-5-13-6-8-18/h9,13H,5-8H2,1-4H3. The Balaban J connectivity index is 2.32. The van der Waals surface area contributed by atoms with Crippen molar-refractivity contribution in [3.63, 3.8) is 0 Å². The molecule has 0 spiro atoms. The smallest absolute Gasteiger partial charge is 0.228 e. The van der Waals surface area contributed by atoms with Crippen LogP contribution in [0.2, 0.25) is 0 Å². The van der Waals surface area contributed by atoms with Crippen LogP contribution >= 0.6 is 0 Å². The second-order valence-electron chi connectivity index (χ2n) is 4.91. The van der Waals surface area contributed by atoms with Gasteiger partial charge in [-0.25, -0.2) is 0 Å². The average molecular weight is 250 g/mol. The normalized spacial score (nSPS) is 15.7. The minimum absolute atomic E-state index is 0.759. The van der Waals surface area contributed by atoms with Gasteiger partial charge in [-0.15, -0.1) is 0 Å². The first kappa shape index (κ1) is 12.9. The third kappa shape index (κ3) is 2.81. The molecule has 0 unspecified atom stereocenters. The van der Waals surface area contributed by atoms with Crippen LogP contribution in [0.4, 0.5) is 17.6 Å². The molecule has 0 aliphatic carbocycles. The van der Waals surface area contributed by atoms with E-state index in [1.165, 1.54) is 0 Å². The summed E-state index contributed by atoms with van der Waals surface area (Å²) in [4.78, 5) is 15.4. The highest BCUT2D eigenvalue weighted by atomic mass is 15.3. The molecular formula is C12H22N6. The van der Waals surface area contributed by atoms with E-state index in [0.717, 1.165) is 43.8 Å². The molecule has 2 heterocycles. The van der Waals surface area contributed by atoms with Gasteiger partial charge in [0.2, 0.25) is 5.95 Å².